The summed E-state index contributed by atoms with van der Waals surface area (Å²) >= 11 is 6.78. The molecule has 3 aromatic carbocycles. The number of carbonyl (C=O) groups excluding carboxylic acids is 2. The van der Waals surface area contributed by atoms with Crippen molar-refractivity contribution in [2.75, 3.05) is 0 Å². The zero-order valence-corrected chi connectivity index (χ0v) is 18.1. The maximum atomic E-state index is 12.3. The van der Waals surface area contributed by atoms with E-state index in [1.165, 1.54) is 0 Å². The average Bonchev–Trinajstić information content (AvgIpc) is 2.71. The lowest BCUT2D eigenvalue weighted by molar-refractivity contribution is 0.0942. The van der Waals surface area contributed by atoms with Crippen molar-refractivity contribution in [2.45, 2.75) is 13.1 Å². The van der Waals surface area contributed by atoms with E-state index in [0.717, 1.165) is 20.1 Å². The van der Waals surface area contributed by atoms with Crippen LogP contribution in [0.1, 0.15) is 31.8 Å². The van der Waals surface area contributed by atoms with Gasteiger partial charge in [0.1, 0.15) is 0 Å². The maximum Gasteiger partial charge on any atom is 0.252 e. The van der Waals surface area contributed by atoms with E-state index in [0.29, 0.717) is 24.2 Å². The van der Waals surface area contributed by atoms with Crippen LogP contribution in [0.3, 0.4) is 0 Å². The van der Waals surface area contributed by atoms with Crippen LogP contribution in [0.15, 0.2) is 81.7 Å². The van der Waals surface area contributed by atoms with E-state index in [1.54, 1.807) is 12.1 Å². The molecular formula is C22H18Br2N2O2. The Labute approximate surface area is 180 Å². The van der Waals surface area contributed by atoms with Gasteiger partial charge in [0.05, 0.1) is 11.1 Å². The Morgan fingerprint density at radius 2 is 1.07 bits per heavy atom. The van der Waals surface area contributed by atoms with Crippen LogP contribution in [-0.2, 0) is 13.1 Å². The summed E-state index contributed by atoms with van der Waals surface area (Å²) in [5, 5.41) is 5.84. The second-order valence-corrected chi connectivity index (χ2v) is 7.85. The first kappa shape index (κ1) is 20.3. The highest BCUT2D eigenvalue weighted by molar-refractivity contribution is 9.10. The van der Waals surface area contributed by atoms with Crippen molar-refractivity contribution in [1.29, 1.82) is 0 Å². The highest BCUT2D eigenvalue weighted by atomic mass is 79.9. The lowest BCUT2D eigenvalue weighted by Gasteiger charge is -2.10. The van der Waals surface area contributed by atoms with Gasteiger partial charge >= 0.3 is 0 Å². The molecule has 0 saturated heterocycles. The van der Waals surface area contributed by atoms with E-state index >= 15 is 0 Å². The Hall–Kier alpha value is -2.44. The number of hydrogen-bond donors (Lipinski definition) is 2. The molecule has 0 fully saturated rings. The zero-order valence-electron chi connectivity index (χ0n) is 14.9. The molecule has 0 saturated carbocycles. The standard InChI is InChI=1S/C22H18Br2N2O2/c23-19-10-3-1-8-17(19)21(27)25-13-15-6-5-7-16(12-15)14-26-22(28)18-9-2-4-11-20(18)24/h1-12H,13-14H2,(H,25,27)(H,26,28). The number of amides is 2. The summed E-state index contributed by atoms with van der Waals surface area (Å²) < 4.78 is 1.52. The Bertz CT molecular complexity index is 928. The maximum absolute atomic E-state index is 12.3. The summed E-state index contributed by atoms with van der Waals surface area (Å²) in [6.07, 6.45) is 0. The monoisotopic (exact) mass is 500 g/mol. The largest absolute Gasteiger partial charge is 0.348 e. The van der Waals surface area contributed by atoms with Gasteiger partial charge in [-0.2, -0.15) is 0 Å². The fourth-order valence-corrected chi connectivity index (χ4v) is 3.63. The van der Waals surface area contributed by atoms with Gasteiger partial charge in [0, 0.05) is 22.0 Å². The zero-order chi connectivity index (χ0) is 19.9. The Morgan fingerprint density at radius 3 is 1.50 bits per heavy atom. The minimum absolute atomic E-state index is 0.139. The summed E-state index contributed by atoms with van der Waals surface area (Å²) in [7, 11) is 0. The van der Waals surface area contributed by atoms with Crippen LogP contribution in [0.2, 0.25) is 0 Å². The van der Waals surface area contributed by atoms with Crippen LogP contribution in [0.5, 0.6) is 0 Å². The first-order valence-corrected chi connectivity index (χ1v) is 10.3. The predicted octanol–water partition coefficient (Wildman–Crippen LogP) is 5.07. The molecule has 2 amide bonds. The van der Waals surface area contributed by atoms with Crippen LogP contribution in [0.4, 0.5) is 0 Å². The first-order chi connectivity index (χ1) is 13.5. The van der Waals surface area contributed by atoms with Gasteiger partial charge in [0.15, 0.2) is 0 Å². The van der Waals surface area contributed by atoms with Crippen LogP contribution in [0.25, 0.3) is 0 Å². The molecule has 0 heterocycles. The Morgan fingerprint density at radius 1 is 0.643 bits per heavy atom. The molecule has 0 unspecified atom stereocenters. The number of rotatable bonds is 6. The Balaban J connectivity index is 1.58. The fourth-order valence-electron chi connectivity index (χ4n) is 2.70. The molecule has 2 N–H and O–H groups in total. The second-order valence-electron chi connectivity index (χ2n) is 6.14. The van der Waals surface area contributed by atoms with E-state index in [9.17, 15) is 9.59 Å². The molecule has 3 rings (SSSR count). The normalized spacial score (nSPS) is 10.4. The van der Waals surface area contributed by atoms with Gasteiger partial charge in [-0.15, -0.1) is 0 Å². The molecular weight excluding hydrogens is 484 g/mol. The molecule has 0 atom stereocenters. The first-order valence-electron chi connectivity index (χ1n) is 8.68. The van der Waals surface area contributed by atoms with Gasteiger partial charge < -0.3 is 10.6 Å². The van der Waals surface area contributed by atoms with Gasteiger partial charge in [-0.1, -0.05) is 48.5 Å². The van der Waals surface area contributed by atoms with Crippen molar-refractivity contribution >= 4 is 43.7 Å². The van der Waals surface area contributed by atoms with Crippen LogP contribution in [0, 0.1) is 0 Å². The second kappa shape index (κ2) is 9.66. The highest BCUT2D eigenvalue weighted by Crippen LogP contribution is 2.17. The fraction of sp³-hybridized carbons (Fsp3) is 0.0909. The number of nitrogens with one attached hydrogen (secondary N) is 2. The number of carbonyl (C=O) groups is 2. The van der Waals surface area contributed by atoms with E-state index in [1.807, 2.05) is 60.7 Å². The van der Waals surface area contributed by atoms with Gasteiger partial charge in [0.2, 0.25) is 0 Å². The SMILES string of the molecule is O=C(NCc1cccc(CNC(=O)c2ccccc2Br)c1)c1ccccc1Br. The summed E-state index contributed by atoms with van der Waals surface area (Å²) in [6.45, 7) is 0.818. The average molecular weight is 502 g/mol. The van der Waals surface area contributed by atoms with Crippen molar-refractivity contribution in [2.24, 2.45) is 0 Å². The molecule has 0 bridgehead atoms. The van der Waals surface area contributed by atoms with Gasteiger partial charge in [-0.05, 0) is 67.3 Å². The van der Waals surface area contributed by atoms with E-state index in [4.69, 9.17) is 0 Å². The summed E-state index contributed by atoms with van der Waals surface area (Å²) in [5.74, 6) is -0.278. The third-order valence-corrected chi connectivity index (χ3v) is 5.52. The molecule has 0 aliphatic carbocycles. The van der Waals surface area contributed by atoms with Crippen LogP contribution in [-0.4, -0.2) is 11.8 Å². The van der Waals surface area contributed by atoms with Crippen LogP contribution < -0.4 is 10.6 Å². The van der Waals surface area contributed by atoms with Gasteiger partial charge in [-0.25, -0.2) is 0 Å². The van der Waals surface area contributed by atoms with Crippen molar-refractivity contribution in [3.8, 4) is 0 Å². The predicted molar refractivity (Wildman–Crippen MR) is 117 cm³/mol. The van der Waals surface area contributed by atoms with Crippen molar-refractivity contribution in [1.82, 2.24) is 10.6 Å². The summed E-state index contributed by atoms with van der Waals surface area (Å²) in [6, 6.07) is 22.4. The summed E-state index contributed by atoms with van der Waals surface area (Å²) in [5.41, 5.74) is 3.12. The molecule has 0 aromatic heterocycles. The van der Waals surface area contributed by atoms with Crippen molar-refractivity contribution < 1.29 is 9.59 Å². The minimum Gasteiger partial charge on any atom is -0.348 e. The molecule has 28 heavy (non-hydrogen) atoms. The molecule has 6 heteroatoms. The van der Waals surface area contributed by atoms with E-state index in [2.05, 4.69) is 42.5 Å². The molecule has 0 radical (unpaired) electrons. The highest BCUT2D eigenvalue weighted by Gasteiger charge is 2.10. The molecule has 3 aromatic rings. The van der Waals surface area contributed by atoms with E-state index in [-0.39, 0.29) is 11.8 Å². The molecule has 0 spiro atoms. The number of hydrogen-bond acceptors (Lipinski definition) is 2. The minimum atomic E-state index is -0.139. The lowest BCUT2D eigenvalue weighted by Crippen LogP contribution is -2.24. The van der Waals surface area contributed by atoms with Crippen LogP contribution >= 0.6 is 31.9 Å². The quantitative estimate of drug-likeness (QED) is 0.495. The summed E-state index contributed by atoms with van der Waals surface area (Å²) in [4.78, 5) is 24.7. The van der Waals surface area contributed by atoms with Crippen molar-refractivity contribution in [3.05, 3.63) is 104 Å². The van der Waals surface area contributed by atoms with Gasteiger partial charge in [-0.3, -0.25) is 9.59 Å². The topological polar surface area (TPSA) is 58.2 Å². The molecule has 142 valence electrons. The molecule has 0 aliphatic heterocycles. The van der Waals surface area contributed by atoms with E-state index < -0.39 is 0 Å². The third kappa shape index (κ3) is 5.30. The smallest absolute Gasteiger partial charge is 0.252 e. The lowest BCUT2D eigenvalue weighted by atomic mass is 10.1. The number of benzene rings is 3. The third-order valence-electron chi connectivity index (χ3n) is 4.13. The molecule has 4 nitrogen and oxygen atoms in total. The van der Waals surface area contributed by atoms with Gasteiger partial charge in [0.25, 0.3) is 11.8 Å². The molecule has 0 aliphatic rings. The van der Waals surface area contributed by atoms with Crippen molar-refractivity contribution in [3.63, 3.8) is 0 Å². The number of halogens is 2. The Kier molecular flexibility index (Phi) is 7.01.